The van der Waals surface area contributed by atoms with Crippen LogP contribution >= 0.6 is 0 Å². The molecule has 4 aromatic rings. The van der Waals surface area contributed by atoms with E-state index in [2.05, 4.69) is 5.32 Å². The fourth-order valence-electron chi connectivity index (χ4n) is 5.05. The first-order chi connectivity index (χ1) is 21.1. The molecule has 0 aliphatic heterocycles. The van der Waals surface area contributed by atoms with Crippen molar-refractivity contribution in [2.24, 2.45) is 0 Å². The lowest BCUT2D eigenvalue weighted by Gasteiger charge is -2.34. The number of nitrogens with zero attached hydrogens (tertiary/aromatic N) is 2. The van der Waals surface area contributed by atoms with E-state index in [0.717, 1.165) is 15.4 Å². The number of aryl methyl sites for hydroxylation is 2. The number of hydrogen-bond acceptors (Lipinski definition) is 4. The minimum absolute atomic E-state index is 0.0231. The van der Waals surface area contributed by atoms with Crippen molar-refractivity contribution in [3.8, 4) is 0 Å². The summed E-state index contributed by atoms with van der Waals surface area (Å²) in [6.07, 6.45) is 0.840. The van der Waals surface area contributed by atoms with Crippen LogP contribution in [0.25, 0.3) is 0 Å². The molecule has 0 saturated carbocycles. The number of amides is 2. The van der Waals surface area contributed by atoms with Gasteiger partial charge in [-0.25, -0.2) is 12.8 Å². The number of carbonyl (C=O) groups is 2. The van der Waals surface area contributed by atoms with Gasteiger partial charge < -0.3 is 10.2 Å². The van der Waals surface area contributed by atoms with Crippen LogP contribution in [0.1, 0.15) is 35.6 Å². The molecule has 0 aliphatic carbocycles. The second-order valence-electron chi connectivity index (χ2n) is 10.7. The summed E-state index contributed by atoms with van der Waals surface area (Å²) in [6, 6.07) is 27.5. The lowest BCUT2D eigenvalue weighted by atomic mass is 10.0. The number of nitrogens with one attached hydrogen (secondary N) is 1. The van der Waals surface area contributed by atoms with Crippen LogP contribution in [0, 0.1) is 19.7 Å². The third kappa shape index (κ3) is 7.90. The summed E-state index contributed by atoms with van der Waals surface area (Å²) in [5, 5.41) is 2.89. The molecule has 0 aliphatic rings. The molecule has 0 fully saturated rings. The van der Waals surface area contributed by atoms with Crippen molar-refractivity contribution < 1.29 is 22.4 Å². The fraction of sp³-hybridized carbons (Fsp3) is 0.257. The Morgan fingerprint density at radius 3 is 2.14 bits per heavy atom. The molecular formula is C35H38FN3O4S. The van der Waals surface area contributed by atoms with Crippen LogP contribution in [-0.2, 0) is 32.6 Å². The van der Waals surface area contributed by atoms with Gasteiger partial charge in [-0.1, -0.05) is 91.3 Å². The molecule has 1 atom stereocenters. The molecule has 4 rings (SSSR count). The van der Waals surface area contributed by atoms with Crippen LogP contribution in [0.5, 0.6) is 0 Å². The normalized spacial score (nSPS) is 11.9. The minimum atomic E-state index is -4.21. The number of anilines is 1. The van der Waals surface area contributed by atoms with E-state index in [1.807, 2.05) is 50.2 Å². The second-order valence-corrected chi connectivity index (χ2v) is 12.6. The van der Waals surface area contributed by atoms with Crippen LogP contribution in [0.15, 0.2) is 108 Å². The van der Waals surface area contributed by atoms with E-state index in [1.165, 1.54) is 23.1 Å². The number of halogens is 1. The maximum absolute atomic E-state index is 15.0. The molecule has 0 heterocycles. The zero-order valence-corrected chi connectivity index (χ0v) is 26.1. The minimum Gasteiger partial charge on any atom is -0.354 e. The standard InChI is InChI=1S/C35H38FN3O4S/c1-4-21-37-35(41)33(23-28-13-7-5-8-14-28)38(24-29-15-11-12-18-31(29)36)34(40)25-39(32-20-19-26(2)22-27(32)3)44(42,43)30-16-9-6-10-17-30/h5-20,22,33H,4,21,23-25H2,1-3H3,(H,37,41)/t33-/m0/s1. The number of carbonyl (C=O) groups excluding carboxylic acids is 2. The molecular weight excluding hydrogens is 577 g/mol. The molecule has 7 nitrogen and oxygen atoms in total. The van der Waals surface area contributed by atoms with Gasteiger partial charge in [0.25, 0.3) is 10.0 Å². The van der Waals surface area contributed by atoms with Crippen LogP contribution in [0.2, 0.25) is 0 Å². The first-order valence-corrected chi connectivity index (χ1v) is 16.1. The smallest absolute Gasteiger partial charge is 0.264 e. The average Bonchev–Trinajstić information content (AvgIpc) is 3.02. The van der Waals surface area contributed by atoms with E-state index in [0.29, 0.717) is 24.2 Å². The van der Waals surface area contributed by atoms with Crippen molar-refractivity contribution in [3.63, 3.8) is 0 Å². The van der Waals surface area contributed by atoms with E-state index in [9.17, 15) is 22.4 Å². The highest BCUT2D eigenvalue weighted by atomic mass is 32.2. The van der Waals surface area contributed by atoms with Gasteiger partial charge in [-0.3, -0.25) is 13.9 Å². The Labute approximate surface area is 259 Å². The van der Waals surface area contributed by atoms with Gasteiger partial charge in [0.15, 0.2) is 0 Å². The monoisotopic (exact) mass is 615 g/mol. The summed E-state index contributed by atoms with van der Waals surface area (Å²) in [4.78, 5) is 29.4. The Morgan fingerprint density at radius 1 is 0.864 bits per heavy atom. The van der Waals surface area contributed by atoms with Crippen LogP contribution in [-0.4, -0.2) is 44.3 Å². The predicted molar refractivity (Wildman–Crippen MR) is 171 cm³/mol. The van der Waals surface area contributed by atoms with E-state index >= 15 is 0 Å². The first kappa shape index (κ1) is 32.4. The molecule has 230 valence electrons. The van der Waals surface area contributed by atoms with Crippen LogP contribution in [0.4, 0.5) is 10.1 Å². The summed E-state index contributed by atoms with van der Waals surface area (Å²) in [5.74, 6) is -1.56. The Kier molecular flexibility index (Phi) is 10.9. The molecule has 9 heteroatoms. The van der Waals surface area contributed by atoms with Gasteiger partial charge in [-0.2, -0.15) is 0 Å². The highest BCUT2D eigenvalue weighted by Crippen LogP contribution is 2.28. The van der Waals surface area contributed by atoms with Crippen molar-refractivity contribution >= 4 is 27.5 Å². The highest BCUT2D eigenvalue weighted by Gasteiger charge is 2.35. The lowest BCUT2D eigenvalue weighted by Crippen LogP contribution is -2.53. The largest absolute Gasteiger partial charge is 0.354 e. The maximum Gasteiger partial charge on any atom is 0.264 e. The number of benzene rings is 4. The predicted octanol–water partition coefficient (Wildman–Crippen LogP) is 5.80. The quantitative estimate of drug-likeness (QED) is 0.206. The molecule has 44 heavy (non-hydrogen) atoms. The molecule has 0 bridgehead atoms. The summed E-state index contributed by atoms with van der Waals surface area (Å²) >= 11 is 0. The Balaban J connectivity index is 1.82. The molecule has 0 aromatic heterocycles. The van der Waals surface area contributed by atoms with Crippen molar-refractivity contribution in [3.05, 3.63) is 131 Å². The summed E-state index contributed by atoms with van der Waals surface area (Å²) in [7, 11) is -4.21. The fourth-order valence-corrected chi connectivity index (χ4v) is 6.55. The van der Waals surface area contributed by atoms with Crippen LogP contribution < -0.4 is 9.62 Å². The molecule has 0 radical (unpaired) electrons. The van der Waals surface area contributed by atoms with Gasteiger partial charge in [0.05, 0.1) is 10.6 Å². The van der Waals surface area contributed by atoms with Gasteiger partial charge in [-0.15, -0.1) is 0 Å². The third-order valence-corrected chi connectivity index (χ3v) is 9.12. The van der Waals surface area contributed by atoms with E-state index in [-0.39, 0.29) is 23.4 Å². The lowest BCUT2D eigenvalue weighted by molar-refractivity contribution is -0.140. The first-order valence-electron chi connectivity index (χ1n) is 14.6. The molecule has 0 spiro atoms. The zero-order valence-electron chi connectivity index (χ0n) is 25.2. The summed E-state index contributed by atoms with van der Waals surface area (Å²) < 4.78 is 44.3. The number of rotatable bonds is 13. The van der Waals surface area contributed by atoms with Gasteiger partial charge >= 0.3 is 0 Å². The van der Waals surface area contributed by atoms with Gasteiger partial charge in [-0.05, 0) is 55.7 Å². The summed E-state index contributed by atoms with van der Waals surface area (Å²) in [5.41, 5.74) is 2.96. The Hall–Kier alpha value is -4.50. The Bertz CT molecular complexity index is 1680. The van der Waals surface area contributed by atoms with Crippen molar-refractivity contribution in [1.82, 2.24) is 10.2 Å². The number of hydrogen-bond donors (Lipinski definition) is 1. The zero-order chi connectivity index (χ0) is 31.7. The van der Waals surface area contributed by atoms with E-state index in [1.54, 1.807) is 55.5 Å². The maximum atomic E-state index is 15.0. The molecule has 0 saturated heterocycles. The van der Waals surface area contributed by atoms with Gasteiger partial charge in [0, 0.05) is 25.1 Å². The topological polar surface area (TPSA) is 86.8 Å². The van der Waals surface area contributed by atoms with Gasteiger partial charge in [0.2, 0.25) is 11.8 Å². The molecule has 4 aromatic carbocycles. The molecule has 2 amide bonds. The second kappa shape index (κ2) is 14.8. The highest BCUT2D eigenvalue weighted by molar-refractivity contribution is 7.92. The average molecular weight is 616 g/mol. The van der Waals surface area contributed by atoms with Crippen molar-refractivity contribution in [1.29, 1.82) is 0 Å². The van der Waals surface area contributed by atoms with E-state index < -0.39 is 40.2 Å². The van der Waals surface area contributed by atoms with Crippen molar-refractivity contribution in [2.45, 2.75) is 51.1 Å². The van der Waals surface area contributed by atoms with Gasteiger partial charge in [0.1, 0.15) is 18.4 Å². The number of sulfonamides is 1. The van der Waals surface area contributed by atoms with Crippen LogP contribution in [0.3, 0.4) is 0 Å². The van der Waals surface area contributed by atoms with E-state index in [4.69, 9.17) is 0 Å². The summed E-state index contributed by atoms with van der Waals surface area (Å²) in [6.45, 7) is 5.18. The third-order valence-electron chi connectivity index (χ3n) is 7.35. The SMILES string of the molecule is CCCNC(=O)[C@H](Cc1ccccc1)N(Cc1ccccc1F)C(=O)CN(c1ccc(C)cc1C)S(=O)(=O)c1ccccc1. The van der Waals surface area contributed by atoms with Crippen molar-refractivity contribution in [2.75, 3.05) is 17.4 Å². The molecule has 1 N–H and O–H groups in total. The Morgan fingerprint density at radius 2 is 1.50 bits per heavy atom. The molecule has 0 unspecified atom stereocenters.